The average molecular weight is 356 g/mol. The third-order valence-electron chi connectivity index (χ3n) is 3.18. The summed E-state index contributed by atoms with van der Waals surface area (Å²) in [6.45, 7) is 3.18. The Morgan fingerprint density at radius 2 is 2.15 bits per heavy atom. The fourth-order valence-corrected chi connectivity index (χ4v) is 3.40. The molecule has 2 aromatic rings. The quantitative estimate of drug-likeness (QED) is 0.751. The van der Waals surface area contributed by atoms with Crippen LogP contribution >= 0.6 is 27.3 Å². The van der Waals surface area contributed by atoms with Gasteiger partial charge in [-0.1, -0.05) is 19.1 Å². The Hall–Kier alpha value is -0.710. The minimum Gasteiger partial charge on any atom is -0.313 e. The zero-order valence-electron chi connectivity index (χ0n) is 11.5. The van der Waals surface area contributed by atoms with Crippen molar-refractivity contribution in [2.45, 2.75) is 32.2 Å². The first-order chi connectivity index (χ1) is 9.69. The molecule has 20 heavy (non-hydrogen) atoms. The first-order valence-electron chi connectivity index (χ1n) is 6.88. The minimum atomic E-state index is -0.204. The summed E-state index contributed by atoms with van der Waals surface area (Å²) in [7, 11) is 0. The average Bonchev–Trinajstić information content (AvgIpc) is 2.93. The summed E-state index contributed by atoms with van der Waals surface area (Å²) >= 11 is 5.05. The molecule has 0 aliphatic carbocycles. The number of halogens is 2. The number of rotatable bonds is 7. The lowest BCUT2D eigenvalue weighted by atomic mass is 10.0. The second-order valence-electron chi connectivity index (χ2n) is 4.89. The predicted molar refractivity (Wildman–Crippen MR) is 87.9 cm³/mol. The molecule has 1 unspecified atom stereocenters. The molecule has 1 heterocycles. The largest absolute Gasteiger partial charge is 0.313 e. The normalized spacial score (nSPS) is 12.6. The Morgan fingerprint density at radius 1 is 1.30 bits per heavy atom. The Morgan fingerprint density at radius 3 is 2.80 bits per heavy atom. The zero-order chi connectivity index (χ0) is 14.4. The second-order valence-corrected chi connectivity index (χ2v) is 6.77. The van der Waals surface area contributed by atoms with Gasteiger partial charge in [0, 0.05) is 10.9 Å². The van der Waals surface area contributed by atoms with Gasteiger partial charge in [0.25, 0.3) is 0 Å². The summed E-state index contributed by atoms with van der Waals surface area (Å²) in [5.74, 6) is -0.204. The van der Waals surface area contributed by atoms with Crippen molar-refractivity contribution in [3.05, 3.63) is 56.4 Å². The molecule has 2 rings (SSSR count). The van der Waals surface area contributed by atoms with E-state index in [-0.39, 0.29) is 5.82 Å². The third kappa shape index (κ3) is 4.69. The maximum absolute atomic E-state index is 13.3. The van der Waals surface area contributed by atoms with E-state index in [9.17, 15) is 4.39 Å². The van der Waals surface area contributed by atoms with Crippen molar-refractivity contribution in [3.8, 4) is 0 Å². The lowest BCUT2D eigenvalue weighted by Gasteiger charge is -2.18. The molecule has 1 nitrogen and oxygen atoms in total. The molecule has 108 valence electrons. The van der Waals surface area contributed by atoms with Crippen molar-refractivity contribution in [2.75, 3.05) is 6.54 Å². The maximum Gasteiger partial charge on any atom is 0.137 e. The topological polar surface area (TPSA) is 12.0 Å². The van der Waals surface area contributed by atoms with Crippen LogP contribution in [0.4, 0.5) is 4.39 Å². The number of nitrogens with one attached hydrogen (secondary N) is 1. The third-order valence-corrected chi connectivity index (χ3v) is 4.68. The van der Waals surface area contributed by atoms with Gasteiger partial charge in [-0.05, 0) is 70.9 Å². The van der Waals surface area contributed by atoms with Crippen LogP contribution in [-0.2, 0) is 12.8 Å². The highest BCUT2D eigenvalue weighted by atomic mass is 79.9. The molecule has 0 saturated heterocycles. The van der Waals surface area contributed by atoms with E-state index in [2.05, 4.69) is 45.7 Å². The zero-order valence-corrected chi connectivity index (χ0v) is 13.9. The highest BCUT2D eigenvalue weighted by Crippen LogP contribution is 2.19. The van der Waals surface area contributed by atoms with Gasteiger partial charge in [-0.25, -0.2) is 4.39 Å². The van der Waals surface area contributed by atoms with E-state index in [4.69, 9.17) is 0 Å². The molecule has 0 aliphatic rings. The van der Waals surface area contributed by atoms with Crippen LogP contribution in [0.25, 0.3) is 0 Å². The van der Waals surface area contributed by atoms with Crippen LogP contribution < -0.4 is 5.32 Å². The predicted octanol–water partition coefficient (Wildman–Crippen LogP) is 4.80. The van der Waals surface area contributed by atoms with Gasteiger partial charge in [0.05, 0.1) is 4.47 Å². The highest BCUT2D eigenvalue weighted by Gasteiger charge is 2.11. The van der Waals surface area contributed by atoms with Gasteiger partial charge in [0.15, 0.2) is 0 Å². The summed E-state index contributed by atoms with van der Waals surface area (Å²) in [4.78, 5) is 1.39. The molecule has 0 fully saturated rings. The molecule has 0 amide bonds. The number of thiophene rings is 1. The fraction of sp³-hybridized carbons (Fsp3) is 0.375. The number of benzene rings is 1. The fourth-order valence-electron chi connectivity index (χ4n) is 2.19. The van der Waals surface area contributed by atoms with Gasteiger partial charge >= 0.3 is 0 Å². The summed E-state index contributed by atoms with van der Waals surface area (Å²) < 4.78 is 13.8. The van der Waals surface area contributed by atoms with Gasteiger partial charge in [-0.3, -0.25) is 0 Å². The van der Waals surface area contributed by atoms with E-state index in [0.29, 0.717) is 10.5 Å². The first kappa shape index (κ1) is 15.7. The van der Waals surface area contributed by atoms with Gasteiger partial charge < -0.3 is 5.32 Å². The molecule has 0 spiro atoms. The van der Waals surface area contributed by atoms with E-state index >= 15 is 0 Å². The van der Waals surface area contributed by atoms with Crippen molar-refractivity contribution >= 4 is 27.3 Å². The number of hydrogen-bond donors (Lipinski definition) is 1. The van der Waals surface area contributed by atoms with Crippen molar-refractivity contribution in [1.82, 2.24) is 5.32 Å². The second kappa shape index (κ2) is 7.91. The lowest BCUT2D eigenvalue weighted by Crippen LogP contribution is -2.33. The van der Waals surface area contributed by atoms with Crippen molar-refractivity contribution < 1.29 is 4.39 Å². The number of hydrogen-bond acceptors (Lipinski definition) is 2. The molecule has 0 aliphatic heterocycles. The molecule has 1 atom stereocenters. The van der Waals surface area contributed by atoms with E-state index < -0.39 is 0 Å². The Kier molecular flexibility index (Phi) is 6.20. The van der Waals surface area contributed by atoms with E-state index in [1.165, 1.54) is 10.9 Å². The smallest absolute Gasteiger partial charge is 0.137 e. The Balaban J connectivity index is 2.04. The monoisotopic (exact) mass is 355 g/mol. The van der Waals surface area contributed by atoms with Crippen molar-refractivity contribution in [3.63, 3.8) is 0 Å². The van der Waals surface area contributed by atoms with Gasteiger partial charge in [-0.2, -0.15) is 0 Å². The molecule has 1 N–H and O–H groups in total. The molecular weight excluding hydrogens is 337 g/mol. The molecule has 1 aromatic carbocycles. The molecule has 1 aromatic heterocycles. The maximum atomic E-state index is 13.3. The van der Waals surface area contributed by atoms with Crippen LogP contribution in [0.5, 0.6) is 0 Å². The van der Waals surface area contributed by atoms with Crippen molar-refractivity contribution in [1.29, 1.82) is 0 Å². The summed E-state index contributed by atoms with van der Waals surface area (Å²) in [6.07, 6.45) is 3.05. The standard InChI is InChI=1S/C16H19BrFNS/c1-2-7-19-13(11-14-4-3-8-20-14)9-12-5-6-16(18)15(17)10-12/h3-6,8,10,13,19H,2,7,9,11H2,1H3. The Bertz CT molecular complexity index is 527. The SMILES string of the molecule is CCCNC(Cc1ccc(F)c(Br)c1)Cc1cccs1. The molecule has 0 saturated carbocycles. The van der Waals surface area contributed by atoms with Crippen LogP contribution in [0, 0.1) is 5.82 Å². The van der Waals surface area contributed by atoms with Crippen LogP contribution in [0.3, 0.4) is 0 Å². The minimum absolute atomic E-state index is 0.204. The summed E-state index contributed by atoms with van der Waals surface area (Å²) in [5.41, 5.74) is 1.16. The van der Waals surface area contributed by atoms with Crippen LogP contribution in [-0.4, -0.2) is 12.6 Å². The van der Waals surface area contributed by atoms with E-state index in [0.717, 1.165) is 31.4 Å². The molecule has 4 heteroatoms. The van der Waals surface area contributed by atoms with Crippen LogP contribution in [0.1, 0.15) is 23.8 Å². The van der Waals surface area contributed by atoms with E-state index in [1.54, 1.807) is 11.3 Å². The highest BCUT2D eigenvalue weighted by molar-refractivity contribution is 9.10. The summed E-state index contributed by atoms with van der Waals surface area (Å²) in [6, 6.07) is 9.93. The van der Waals surface area contributed by atoms with Crippen LogP contribution in [0.2, 0.25) is 0 Å². The molecular formula is C16H19BrFNS. The van der Waals surface area contributed by atoms with Gasteiger partial charge in [0.1, 0.15) is 5.82 Å². The lowest BCUT2D eigenvalue weighted by molar-refractivity contribution is 0.507. The summed E-state index contributed by atoms with van der Waals surface area (Å²) in [5, 5.41) is 5.70. The van der Waals surface area contributed by atoms with Gasteiger partial charge in [-0.15, -0.1) is 11.3 Å². The van der Waals surface area contributed by atoms with Crippen molar-refractivity contribution in [2.24, 2.45) is 0 Å². The molecule has 0 radical (unpaired) electrons. The van der Waals surface area contributed by atoms with E-state index in [1.807, 2.05) is 12.1 Å². The first-order valence-corrected chi connectivity index (χ1v) is 8.56. The van der Waals surface area contributed by atoms with Crippen LogP contribution in [0.15, 0.2) is 40.2 Å². The van der Waals surface area contributed by atoms with Gasteiger partial charge in [0.2, 0.25) is 0 Å². The Labute approximate surface area is 132 Å². The molecule has 0 bridgehead atoms.